The monoisotopic (exact) mass is 540 g/mol. The predicted octanol–water partition coefficient (Wildman–Crippen LogP) is 4.56. The largest absolute Gasteiger partial charge is 0.373 e. The van der Waals surface area contributed by atoms with Gasteiger partial charge in [-0.15, -0.1) is 24.0 Å². The van der Waals surface area contributed by atoms with Gasteiger partial charge >= 0.3 is 0 Å². The molecule has 5 nitrogen and oxygen atoms in total. The zero-order chi connectivity index (χ0) is 20.1. The molecule has 162 valence electrons. The second-order valence-corrected chi connectivity index (χ2v) is 8.19. The van der Waals surface area contributed by atoms with E-state index in [0.717, 1.165) is 50.7 Å². The number of guanidine groups is 1. The number of hydrogen-bond donors (Lipinski definition) is 1. The molecule has 30 heavy (non-hydrogen) atoms. The Hall–Kier alpha value is -1.51. The summed E-state index contributed by atoms with van der Waals surface area (Å²) in [4.78, 5) is 9.31. The predicted molar refractivity (Wildman–Crippen MR) is 135 cm³/mol. The second kappa shape index (κ2) is 11.2. The van der Waals surface area contributed by atoms with Crippen LogP contribution in [0, 0.1) is 5.92 Å². The number of nitrogens with two attached hydrogens (primary N) is 1. The molecule has 2 aliphatic heterocycles. The summed E-state index contributed by atoms with van der Waals surface area (Å²) in [5, 5.41) is 0.768. The van der Waals surface area contributed by atoms with Crippen molar-refractivity contribution in [1.29, 1.82) is 0 Å². The van der Waals surface area contributed by atoms with Gasteiger partial charge < -0.3 is 20.3 Å². The van der Waals surface area contributed by atoms with Crippen molar-refractivity contribution < 1.29 is 4.74 Å². The van der Waals surface area contributed by atoms with Crippen LogP contribution in [-0.2, 0) is 4.74 Å². The maximum Gasteiger partial charge on any atom is 0.191 e. The van der Waals surface area contributed by atoms with Gasteiger partial charge in [0, 0.05) is 56.0 Å². The minimum atomic E-state index is 0. The molecule has 2 unspecified atom stereocenters. The Morgan fingerprint density at radius 2 is 1.73 bits per heavy atom. The molecule has 7 heteroatoms. The Morgan fingerprint density at radius 1 is 1.03 bits per heavy atom. The van der Waals surface area contributed by atoms with Gasteiger partial charge in [-0.3, -0.25) is 4.99 Å². The summed E-state index contributed by atoms with van der Waals surface area (Å²) in [6, 6.07) is 18.5. The van der Waals surface area contributed by atoms with Crippen molar-refractivity contribution in [1.82, 2.24) is 4.90 Å². The van der Waals surface area contributed by atoms with Gasteiger partial charge in [0.25, 0.3) is 0 Å². The molecule has 0 amide bonds. The van der Waals surface area contributed by atoms with E-state index in [4.69, 9.17) is 27.1 Å². The third kappa shape index (κ3) is 5.80. The molecule has 2 aromatic carbocycles. The van der Waals surface area contributed by atoms with Gasteiger partial charge in [0.05, 0.1) is 6.10 Å². The number of nitrogens with zero attached hydrogens (tertiary/aromatic N) is 3. The van der Waals surface area contributed by atoms with Gasteiger partial charge in [0.15, 0.2) is 5.96 Å². The number of halogens is 2. The lowest BCUT2D eigenvalue weighted by Gasteiger charge is -2.37. The van der Waals surface area contributed by atoms with Gasteiger partial charge in [-0.05, 0) is 42.7 Å². The molecular formula is C23H30ClIN4O. The molecule has 0 aliphatic carbocycles. The van der Waals surface area contributed by atoms with E-state index >= 15 is 0 Å². The van der Waals surface area contributed by atoms with Crippen LogP contribution < -0.4 is 10.6 Å². The molecule has 0 bridgehead atoms. The third-order valence-electron chi connectivity index (χ3n) is 5.86. The van der Waals surface area contributed by atoms with Crippen LogP contribution in [0.15, 0.2) is 59.6 Å². The van der Waals surface area contributed by atoms with Crippen molar-refractivity contribution in [2.75, 3.05) is 44.2 Å². The molecule has 2 atom stereocenters. The third-order valence-corrected chi connectivity index (χ3v) is 6.11. The number of hydrogen-bond acceptors (Lipinski definition) is 3. The van der Waals surface area contributed by atoms with Gasteiger partial charge in [0.1, 0.15) is 0 Å². The molecule has 0 spiro atoms. The van der Waals surface area contributed by atoms with Gasteiger partial charge in [-0.1, -0.05) is 41.9 Å². The lowest BCUT2D eigenvalue weighted by molar-refractivity contribution is -0.0250. The lowest BCUT2D eigenvalue weighted by atomic mass is 9.89. The van der Waals surface area contributed by atoms with Gasteiger partial charge in [-0.2, -0.15) is 0 Å². The molecule has 2 heterocycles. The smallest absolute Gasteiger partial charge is 0.191 e. The van der Waals surface area contributed by atoms with Crippen LogP contribution in [0.3, 0.4) is 0 Å². The van der Waals surface area contributed by atoms with Crippen LogP contribution in [0.25, 0.3) is 0 Å². The van der Waals surface area contributed by atoms with E-state index in [-0.39, 0.29) is 30.1 Å². The first-order chi connectivity index (χ1) is 14.2. The van der Waals surface area contributed by atoms with Crippen LogP contribution in [0.1, 0.15) is 24.5 Å². The number of anilines is 1. The van der Waals surface area contributed by atoms with Crippen LogP contribution >= 0.6 is 35.6 Å². The zero-order valence-corrected chi connectivity index (χ0v) is 20.2. The summed E-state index contributed by atoms with van der Waals surface area (Å²) in [6.45, 7) is 5.14. The van der Waals surface area contributed by atoms with E-state index in [0.29, 0.717) is 18.4 Å². The van der Waals surface area contributed by atoms with E-state index in [1.54, 1.807) is 0 Å². The first-order valence-corrected chi connectivity index (χ1v) is 10.8. The quantitative estimate of drug-likeness (QED) is 0.351. The van der Waals surface area contributed by atoms with E-state index in [1.807, 2.05) is 18.2 Å². The topological polar surface area (TPSA) is 54.1 Å². The van der Waals surface area contributed by atoms with Crippen molar-refractivity contribution in [3.8, 4) is 0 Å². The highest BCUT2D eigenvalue weighted by molar-refractivity contribution is 14.0. The normalized spacial score (nSPS) is 22.5. The molecular weight excluding hydrogens is 511 g/mol. The summed E-state index contributed by atoms with van der Waals surface area (Å²) in [6.07, 6.45) is 2.33. The van der Waals surface area contributed by atoms with Crippen molar-refractivity contribution in [2.24, 2.45) is 16.6 Å². The Labute approximate surface area is 201 Å². The fourth-order valence-corrected chi connectivity index (χ4v) is 4.32. The molecule has 2 fully saturated rings. The minimum absolute atomic E-state index is 0. The van der Waals surface area contributed by atoms with Crippen molar-refractivity contribution in [3.63, 3.8) is 0 Å². The average Bonchev–Trinajstić information content (AvgIpc) is 2.79. The molecule has 0 aromatic heterocycles. The lowest BCUT2D eigenvalue weighted by Crippen LogP contribution is -2.51. The number of rotatable bonds is 4. The molecule has 2 aromatic rings. The number of aliphatic imine (C=N–C) groups is 1. The molecule has 0 saturated carbocycles. The summed E-state index contributed by atoms with van der Waals surface area (Å²) in [7, 11) is 0. The van der Waals surface area contributed by atoms with E-state index in [2.05, 4.69) is 46.2 Å². The van der Waals surface area contributed by atoms with Crippen LogP contribution in [-0.4, -0.2) is 50.2 Å². The zero-order valence-electron chi connectivity index (χ0n) is 17.1. The van der Waals surface area contributed by atoms with Crippen molar-refractivity contribution >= 4 is 47.2 Å². The van der Waals surface area contributed by atoms with E-state index in [9.17, 15) is 0 Å². The van der Waals surface area contributed by atoms with E-state index < -0.39 is 0 Å². The SMILES string of the molecule is I.NC(=NCC1CCCOC1c1ccccc1)N1CCN(c2ccc(Cl)cc2)CC1. The van der Waals surface area contributed by atoms with Crippen molar-refractivity contribution in [2.45, 2.75) is 18.9 Å². The molecule has 2 saturated heterocycles. The van der Waals surface area contributed by atoms with Gasteiger partial charge in [0.2, 0.25) is 0 Å². The van der Waals surface area contributed by atoms with Crippen LogP contribution in [0.4, 0.5) is 5.69 Å². The first kappa shape index (κ1) is 23.2. The molecule has 0 radical (unpaired) electrons. The number of ether oxygens (including phenoxy) is 1. The number of piperazine rings is 1. The van der Waals surface area contributed by atoms with Gasteiger partial charge in [-0.25, -0.2) is 0 Å². The highest BCUT2D eigenvalue weighted by atomic mass is 127. The minimum Gasteiger partial charge on any atom is -0.373 e. The average molecular weight is 541 g/mol. The Kier molecular flexibility index (Phi) is 8.65. The fourth-order valence-electron chi connectivity index (χ4n) is 4.20. The standard InChI is InChI=1S/C23H29ClN4O.HI/c24-20-8-10-21(11-9-20)27-12-14-28(15-13-27)23(25)26-17-19-7-4-16-29-22(19)18-5-2-1-3-6-18;/h1-3,5-6,8-11,19,22H,4,7,12-17H2,(H2,25,26);1H. The maximum atomic E-state index is 6.35. The maximum absolute atomic E-state index is 6.35. The fraction of sp³-hybridized carbons (Fsp3) is 0.435. The summed E-state index contributed by atoms with van der Waals surface area (Å²) < 4.78 is 6.09. The first-order valence-electron chi connectivity index (χ1n) is 10.4. The van der Waals surface area contributed by atoms with Crippen LogP contribution in [0.5, 0.6) is 0 Å². The molecule has 2 N–H and O–H groups in total. The Bertz CT molecular complexity index is 810. The summed E-state index contributed by atoms with van der Waals surface area (Å²) in [5.41, 5.74) is 8.79. The van der Waals surface area contributed by atoms with Crippen molar-refractivity contribution in [3.05, 3.63) is 65.2 Å². The molecule has 4 rings (SSSR count). The van der Waals surface area contributed by atoms with Crippen LogP contribution in [0.2, 0.25) is 5.02 Å². The highest BCUT2D eigenvalue weighted by Gasteiger charge is 2.27. The van der Waals surface area contributed by atoms with E-state index in [1.165, 1.54) is 11.3 Å². The molecule has 2 aliphatic rings. The Morgan fingerprint density at radius 3 is 2.43 bits per heavy atom. The Balaban J connectivity index is 0.00000256. The highest BCUT2D eigenvalue weighted by Crippen LogP contribution is 2.33. The second-order valence-electron chi connectivity index (χ2n) is 7.75. The number of benzene rings is 2. The summed E-state index contributed by atoms with van der Waals surface area (Å²) in [5.74, 6) is 1.03. The summed E-state index contributed by atoms with van der Waals surface area (Å²) >= 11 is 6.00.